The van der Waals surface area contributed by atoms with Gasteiger partial charge in [-0.3, -0.25) is 14.6 Å². The lowest BCUT2D eigenvalue weighted by atomic mass is 9.76. The van der Waals surface area contributed by atoms with Gasteiger partial charge in [0, 0.05) is 30.4 Å². The molecule has 5 heteroatoms. The van der Waals surface area contributed by atoms with Gasteiger partial charge in [0.25, 0.3) is 5.91 Å². The van der Waals surface area contributed by atoms with Crippen LogP contribution in [0.15, 0.2) is 42.6 Å². The lowest BCUT2D eigenvalue weighted by Crippen LogP contribution is -2.40. The zero-order chi connectivity index (χ0) is 18.9. The molecule has 136 valence electrons. The standard InChI is InChI=1S/C21H24N2O3/c1-14(2)21(20(25)26)10-12-23(13-21)19(24)17-8-6-7-16(15(17)3)18-9-4-5-11-22-18/h4-9,11,14H,10,12-13H2,1-3H3,(H,25,26). The number of nitrogens with zero attached hydrogens (tertiary/aromatic N) is 2. The van der Waals surface area contributed by atoms with Crippen LogP contribution in [-0.2, 0) is 4.79 Å². The molecule has 1 unspecified atom stereocenters. The molecule has 2 aromatic rings. The SMILES string of the molecule is Cc1c(C(=O)N2CCC(C(=O)O)(C(C)C)C2)cccc1-c1ccccn1. The zero-order valence-corrected chi connectivity index (χ0v) is 15.4. The highest BCUT2D eigenvalue weighted by atomic mass is 16.4. The van der Waals surface area contributed by atoms with E-state index in [9.17, 15) is 14.7 Å². The molecule has 1 atom stereocenters. The van der Waals surface area contributed by atoms with E-state index < -0.39 is 11.4 Å². The molecule has 1 saturated heterocycles. The van der Waals surface area contributed by atoms with E-state index in [1.54, 1.807) is 17.2 Å². The number of amides is 1. The van der Waals surface area contributed by atoms with Crippen LogP contribution in [-0.4, -0.2) is 40.0 Å². The van der Waals surface area contributed by atoms with Crippen LogP contribution in [0.3, 0.4) is 0 Å². The Labute approximate surface area is 153 Å². The van der Waals surface area contributed by atoms with E-state index in [0.717, 1.165) is 16.8 Å². The van der Waals surface area contributed by atoms with Crippen molar-refractivity contribution in [2.24, 2.45) is 11.3 Å². The van der Waals surface area contributed by atoms with Crippen molar-refractivity contribution < 1.29 is 14.7 Å². The predicted molar refractivity (Wildman–Crippen MR) is 99.8 cm³/mol. The molecular formula is C21H24N2O3. The first kappa shape index (κ1) is 18.1. The fraction of sp³-hybridized carbons (Fsp3) is 0.381. The number of rotatable bonds is 4. The van der Waals surface area contributed by atoms with Crippen LogP contribution in [0.2, 0.25) is 0 Å². The highest BCUT2D eigenvalue weighted by molar-refractivity contribution is 5.98. The van der Waals surface area contributed by atoms with Gasteiger partial charge in [-0.05, 0) is 43.0 Å². The van der Waals surface area contributed by atoms with E-state index in [1.807, 2.05) is 51.1 Å². The van der Waals surface area contributed by atoms with E-state index in [4.69, 9.17) is 0 Å². The number of carbonyl (C=O) groups excluding carboxylic acids is 1. The summed E-state index contributed by atoms with van der Waals surface area (Å²) in [5.41, 5.74) is 2.36. The molecule has 1 amide bonds. The molecule has 26 heavy (non-hydrogen) atoms. The highest BCUT2D eigenvalue weighted by Crippen LogP contribution is 2.39. The van der Waals surface area contributed by atoms with E-state index in [-0.39, 0.29) is 18.4 Å². The van der Waals surface area contributed by atoms with Gasteiger partial charge in [-0.1, -0.05) is 32.0 Å². The van der Waals surface area contributed by atoms with Crippen LogP contribution in [0.25, 0.3) is 11.3 Å². The molecule has 5 nitrogen and oxygen atoms in total. The number of hydrogen-bond acceptors (Lipinski definition) is 3. The lowest BCUT2D eigenvalue weighted by molar-refractivity contribution is -0.150. The average Bonchev–Trinajstić information content (AvgIpc) is 3.09. The number of carboxylic acids is 1. The van der Waals surface area contributed by atoms with Gasteiger partial charge in [0.1, 0.15) is 0 Å². The molecule has 0 radical (unpaired) electrons. The maximum atomic E-state index is 13.1. The average molecular weight is 352 g/mol. The molecule has 1 fully saturated rings. The summed E-state index contributed by atoms with van der Waals surface area (Å²) in [5, 5.41) is 9.71. The number of benzene rings is 1. The van der Waals surface area contributed by atoms with Crippen LogP contribution in [0.1, 0.15) is 36.2 Å². The molecular weight excluding hydrogens is 328 g/mol. The lowest BCUT2D eigenvalue weighted by Gasteiger charge is -2.28. The number of carboxylic acid groups (broad SMARTS) is 1. The summed E-state index contributed by atoms with van der Waals surface area (Å²) in [4.78, 5) is 31.0. The summed E-state index contributed by atoms with van der Waals surface area (Å²) in [6.45, 7) is 6.47. The first-order chi connectivity index (χ1) is 12.4. The maximum absolute atomic E-state index is 13.1. The van der Waals surface area contributed by atoms with Crippen LogP contribution in [0.4, 0.5) is 0 Å². The van der Waals surface area contributed by atoms with Crippen molar-refractivity contribution in [3.8, 4) is 11.3 Å². The summed E-state index contributed by atoms with van der Waals surface area (Å²) >= 11 is 0. The predicted octanol–water partition coefficient (Wildman–Crippen LogP) is 3.63. The van der Waals surface area contributed by atoms with Crippen molar-refractivity contribution in [1.82, 2.24) is 9.88 Å². The van der Waals surface area contributed by atoms with E-state index in [0.29, 0.717) is 18.5 Å². The minimum absolute atomic E-state index is 0.0289. The second kappa shape index (κ2) is 6.90. The van der Waals surface area contributed by atoms with Gasteiger partial charge in [-0.25, -0.2) is 0 Å². The number of pyridine rings is 1. The number of aliphatic carboxylic acids is 1. The Kier molecular flexibility index (Phi) is 4.81. The Morgan fingerprint density at radius 3 is 2.54 bits per heavy atom. The Bertz CT molecular complexity index is 832. The van der Waals surface area contributed by atoms with Gasteiger partial charge >= 0.3 is 5.97 Å². The molecule has 0 bridgehead atoms. The van der Waals surface area contributed by atoms with Gasteiger partial charge in [0.2, 0.25) is 0 Å². The van der Waals surface area contributed by atoms with Gasteiger partial charge in [0.15, 0.2) is 0 Å². The van der Waals surface area contributed by atoms with Crippen LogP contribution in [0.5, 0.6) is 0 Å². The summed E-state index contributed by atoms with van der Waals surface area (Å²) in [7, 11) is 0. The molecule has 1 aliphatic rings. The molecule has 0 spiro atoms. The quantitative estimate of drug-likeness (QED) is 0.912. The smallest absolute Gasteiger partial charge is 0.311 e. The fourth-order valence-corrected chi connectivity index (χ4v) is 3.74. The minimum atomic E-state index is -0.859. The summed E-state index contributed by atoms with van der Waals surface area (Å²) in [5.74, 6) is -0.954. The van der Waals surface area contributed by atoms with E-state index in [2.05, 4.69) is 4.98 Å². The first-order valence-corrected chi connectivity index (χ1v) is 8.90. The molecule has 1 N–H and O–H groups in total. The Hall–Kier alpha value is -2.69. The Balaban J connectivity index is 1.91. The van der Waals surface area contributed by atoms with Gasteiger partial charge in [-0.15, -0.1) is 0 Å². The van der Waals surface area contributed by atoms with Crippen LogP contribution < -0.4 is 0 Å². The monoisotopic (exact) mass is 352 g/mol. The normalized spacial score (nSPS) is 19.8. The zero-order valence-electron chi connectivity index (χ0n) is 15.4. The largest absolute Gasteiger partial charge is 0.481 e. The fourth-order valence-electron chi connectivity index (χ4n) is 3.74. The second-order valence-corrected chi connectivity index (χ2v) is 7.29. The first-order valence-electron chi connectivity index (χ1n) is 8.90. The second-order valence-electron chi connectivity index (χ2n) is 7.29. The van der Waals surface area contributed by atoms with Gasteiger partial charge in [0.05, 0.1) is 11.1 Å². The molecule has 1 aromatic heterocycles. The molecule has 3 rings (SSSR count). The molecule has 0 saturated carbocycles. The third kappa shape index (κ3) is 2.98. The third-order valence-corrected chi connectivity index (χ3v) is 5.62. The van der Waals surface area contributed by atoms with Crippen molar-refractivity contribution in [2.75, 3.05) is 13.1 Å². The maximum Gasteiger partial charge on any atom is 0.311 e. The van der Waals surface area contributed by atoms with E-state index >= 15 is 0 Å². The van der Waals surface area contributed by atoms with Crippen molar-refractivity contribution >= 4 is 11.9 Å². The minimum Gasteiger partial charge on any atom is -0.481 e. The molecule has 0 aliphatic carbocycles. The number of hydrogen-bond donors (Lipinski definition) is 1. The van der Waals surface area contributed by atoms with Crippen LogP contribution >= 0.6 is 0 Å². The summed E-state index contributed by atoms with van der Waals surface area (Å²) < 4.78 is 0. The Morgan fingerprint density at radius 2 is 1.96 bits per heavy atom. The van der Waals surface area contributed by atoms with Crippen LogP contribution in [0, 0.1) is 18.3 Å². The molecule has 2 heterocycles. The van der Waals surface area contributed by atoms with Crippen molar-refractivity contribution in [1.29, 1.82) is 0 Å². The van der Waals surface area contributed by atoms with Crippen molar-refractivity contribution in [2.45, 2.75) is 27.2 Å². The van der Waals surface area contributed by atoms with Crippen molar-refractivity contribution in [3.63, 3.8) is 0 Å². The van der Waals surface area contributed by atoms with Gasteiger partial charge in [-0.2, -0.15) is 0 Å². The Morgan fingerprint density at radius 1 is 1.19 bits per heavy atom. The van der Waals surface area contributed by atoms with Crippen molar-refractivity contribution in [3.05, 3.63) is 53.7 Å². The van der Waals surface area contributed by atoms with E-state index in [1.165, 1.54) is 0 Å². The number of aromatic nitrogens is 1. The summed E-state index contributed by atoms with van der Waals surface area (Å²) in [6, 6.07) is 11.3. The number of carbonyl (C=O) groups is 2. The molecule has 1 aromatic carbocycles. The number of likely N-dealkylation sites (tertiary alicyclic amines) is 1. The van der Waals surface area contributed by atoms with Gasteiger partial charge < -0.3 is 10.0 Å². The molecule has 1 aliphatic heterocycles. The third-order valence-electron chi connectivity index (χ3n) is 5.62. The topological polar surface area (TPSA) is 70.5 Å². The summed E-state index contributed by atoms with van der Waals surface area (Å²) in [6.07, 6.45) is 2.22. The highest BCUT2D eigenvalue weighted by Gasteiger charge is 2.48.